The molecule has 5 nitrogen and oxygen atoms in total. The summed E-state index contributed by atoms with van der Waals surface area (Å²) in [5.74, 6) is 0.780. The third-order valence-electron chi connectivity index (χ3n) is 2.85. The molecule has 0 radical (unpaired) electrons. The number of nitriles is 1. The molecule has 0 aromatic carbocycles. The molecule has 2 heterocycles. The van der Waals surface area contributed by atoms with Gasteiger partial charge in [0.15, 0.2) is 5.69 Å². The van der Waals surface area contributed by atoms with E-state index in [1.165, 1.54) is 19.0 Å². The van der Waals surface area contributed by atoms with Crippen molar-refractivity contribution in [3.8, 4) is 6.07 Å². The van der Waals surface area contributed by atoms with E-state index in [1.54, 1.807) is 4.80 Å². The molecule has 2 rings (SSSR count). The molecule has 0 spiro atoms. The topological polar surface area (TPSA) is 66.5 Å². The molecule has 15 heavy (non-hydrogen) atoms. The monoisotopic (exact) mass is 205 g/mol. The molecule has 1 aromatic heterocycles. The predicted molar refractivity (Wildman–Crippen MR) is 54.9 cm³/mol. The van der Waals surface area contributed by atoms with E-state index in [-0.39, 0.29) is 0 Å². The zero-order valence-corrected chi connectivity index (χ0v) is 8.69. The highest BCUT2D eigenvalue weighted by atomic mass is 15.5. The first-order valence-corrected chi connectivity index (χ1v) is 5.39. The van der Waals surface area contributed by atoms with E-state index in [2.05, 4.69) is 15.5 Å². The Labute approximate surface area is 89.1 Å². The van der Waals surface area contributed by atoms with Gasteiger partial charge in [-0.3, -0.25) is 0 Å². The molecule has 0 bridgehead atoms. The largest absolute Gasteiger partial charge is 0.317 e. The van der Waals surface area contributed by atoms with Gasteiger partial charge in [0.2, 0.25) is 0 Å². The number of rotatable bonds is 3. The summed E-state index contributed by atoms with van der Waals surface area (Å²) in [6, 6.07) is 1.98. The maximum Gasteiger partial charge on any atom is 0.182 e. The molecule has 0 unspecified atom stereocenters. The zero-order valence-electron chi connectivity index (χ0n) is 8.69. The van der Waals surface area contributed by atoms with Gasteiger partial charge in [-0.1, -0.05) is 0 Å². The number of nitrogens with one attached hydrogen (secondary N) is 1. The van der Waals surface area contributed by atoms with Crippen molar-refractivity contribution in [3.63, 3.8) is 0 Å². The van der Waals surface area contributed by atoms with E-state index in [0.29, 0.717) is 5.69 Å². The van der Waals surface area contributed by atoms with Crippen LogP contribution in [0, 0.1) is 17.2 Å². The van der Waals surface area contributed by atoms with Gasteiger partial charge in [-0.05, 0) is 38.3 Å². The van der Waals surface area contributed by atoms with Crippen LogP contribution in [0.2, 0.25) is 0 Å². The van der Waals surface area contributed by atoms with Crippen molar-refractivity contribution >= 4 is 0 Å². The van der Waals surface area contributed by atoms with Crippen LogP contribution in [0.15, 0.2) is 6.20 Å². The van der Waals surface area contributed by atoms with Crippen molar-refractivity contribution in [2.45, 2.75) is 25.8 Å². The molecule has 80 valence electrons. The summed E-state index contributed by atoms with van der Waals surface area (Å²) in [5.41, 5.74) is 0.403. The lowest BCUT2D eigenvalue weighted by molar-refractivity contribution is 0.323. The van der Waals surface area contributed by atoms with Crippen LogP contribution in [-0.2, 0) is 6.54 Å². The van der Waals surface area contributed by atoms with E-state index in [1.807, 2.05) is 6.07 Å². The third kappa shape index (κ3) is 2.77. The fourth-order valence-electron chi connectivity index (χ4n) is 1.92. The van der Waals surface area contributed by atoms with E-state index in [9.17, 15) is 0 Å². The first kappa shape index (κ1) is 10.1. The third-order valence-corrected chi connectivity index (χ3v) is 2.85. The SMILES string of the molecule is N#Cc1cnn(CCC2CCNCC2)n1. The van der Waals surface area contributed by atoms with Crippen LogP contribution in [0.25, 0.3) is 0 Å². The summed E-state index contributed by atoms with van der Waals surface area (Å²) in [7, 11) is 0. The number of hydrogen-bond acceptors (Lipinski definition) is 4. The maximum absolute atomic E-state index is 8.59. The van der Waals surface area contributed by atoms with E-state index in [4.69, 9.17) is 5.26 Å². The second-order valence-corrected chi connectivity index (χ2v) is 3.92. The Morgan fingerprint density at radius 1 is 1.53 bits per heavy atom. The average molecular weight is 205 g/mol. The van der Waals surface area contributed by atoms with Crippen LogP contribution >= 0.6 is 0 Å². The van der Waals surface area contributed by atoms with Gasteiger partial charge in [-0.25, -0.2) is 0 Å². The van der Waals surface area contributed by atoms with Crippen LogP contribution in [0.5, 0.6) is 0 Å². The molecule has 1 aromatic rings. The number of hydrogen-bond donors (Lipinski definition) is 1. The number of piperidine rings is 1. The molecule has 0 saturated carbocycles. The van der Waals surface area contributed by atoms with Crippen LogP contribution in [0.3, 0.4) is 0 Å². The Kier molecular flexibility index (Phi) is 3.30. The van der Waals surface area contributed by atoms with E-state index in [0.717, 1.165) is 32.0 Å². The highest BCUT2D eigenvalue weighted by molar-refractivity contribution is 5.12. The average Bonchev–Trinajstić information content (AvgIpc) is 2.76. The molecule has 1 N–H and O–H groups in total. The van der Waals surface area contributed by atoms with Crippen molar-refractivity contribution < 1.29 is 0 Å². The van der Waals surface area contributed by atoms with Gasteiger partial charge in [0.1, 0.15) is 6.07 Å². The second kappa shape index (κ2) is 4.89. The van der Waals surface area contributed by atoms with Gasteiger partial charge in [-0.15, -0.1) is 5.10 Å². The highest BCUT2D eigenvalue weighted by Crippen LogP contribution is 2.16. The van der Waals surface area contributed by atoms with E-state index >= 15 is 0 Å². The molecular formula is C10H15N5. The lowest BCUT2D eigenvalue weighted by atomic mass is 9.95. The minimum absolute atomic E-state index is 0.403. The quantitative estimate of drug-likeness (QED) is 0.782. The van der Waals surface area contributed by atoms with Crippen LogP contribution < -0.4 is 5.32 Å². The Morgan fingerprint density at radius 2 is 2.33 bits per heavy atom. The van der Waals surface area contributed by atoms with E-state index < -0.39 is 0 Å². The lowest BCUT2D eigenvalue weighted by Gasteiger charge is -2.21. The Balaban J connectivity index is 1.79. The minimum Gasteiger partial charge on any atom is -0.317 e. The highest BCUT2D eigenvalue weighted by Gasteiger charge is 2.13. The van der Waals surface area contributed by atoms with Crippen molar-refractivity contribution in [3.05, 3.63) is 11.9 Å². The van der Waals surface area contributed by atoms with Crippen LogP contribution in [-0.4, -0.2) is 28.1 Å². The molecule has 1 aliphatic rings. The summed E-state index contributed by atoms with van der Waals surface area (Å²) in [5, 5.41) is 20.0. The molecule has 0 aliphatic carbocycles. The molecule has 1 saturated heterocycles. The summed E-state index contributed by atoms with van der Waals surface area (Å²) >= 11 is 0. The van der Waals surface area contributed by atoms with Crippen molar-refractivity contribution in [2.75, 3.05) is 13.1 Å². The van der Waals surface area contributed by atoms with Gasteiger partial charge < -0.3 is 5.32 Å². The van der Waals surface area contributed by atoms with Crippen LogP contribution in [0.4, 0.5) is 0 Å². The number of aromatic nitrogens is 3. The molecule has 1 aliphatic heterocycles. The Hall–Kier alpha value is -1.41. The molecule has 1 fully saturated rings. The summed E-state index contributed by atoms with van der Waals surface area (Å²) < 4.78 is 0. The summed E-state index contributed by atoms with van der Waals surface area (Å²) in [4.78, 5) is 1.63. The summed E-state index contributed by atoms with van der Waals surface area (Å²) in [6.45, 7) is 3.08. The molecule has 0 atom stereocenters. The zero-order chi connectivity index (χ0) is 10.5. The summed E-state index contributed by atoms with van der Waals surface area (Å²) in [6.07, 6.45) is 5.11. The maximum atomic E-state index is 8.59. The second-order valence-electron chi connectivity index (χ2n) is 3.92. The van der Waals surface area contributed by atoms with Gasteiger partial charge in [0, 0.05) is 0 Å². The van der Waals surface area contributed by atoms with Crippen molar-refractivity contribution in [1.29, 1.82) is 5.26 Å². The minimum atomic E-state index is 0.403. The lowest BCUT2D eigenvalue weighted by Crippen LogP contribution is -2.28. The fourth-order valence-corrected chi connectivity index (χ4v) is 1.92. The van der Waals surface area contributed by atoms with Crippen molar-refractivity contribution in [2.24, 2.45) is 5.92 Å². The Bertz CT molecular complexity index is 345. The first-order chi connectivity index (χ1) is 7.38. The smallest absolute Gasteiger partial charge is 0.182 e. The van der Waals surface area contributed by atoms with Crippen LogP contribution in [0.1, 0.15) is 25.0 Å². The van der Waals surface area contributed by atoms with Gasteiger partial charge >= 0.3 is 0 Å². The normalized spacial score (nSPS) is 17.5. The first-order valence-electron chi connectivity index (χ1n) is 5.39. The van der Waals surface area contributed by atoms with Gasteiger partial charge in [0.05, 0.1) is 12.7 Å². The predicted octanol–water partition coefficient (Wildman–Crippen LogP) is 0.539. The standard InChI is InChI=1S/C10H15N5/c11-7-10-8-13-15(14-10)6-3-9-1-4-12-5-2-9/h8-9,12H,1-6H2. The number of aryl methyl sites for hydroxylation is 1. The Morgan fingerprint density at radius 3 is 3.00 bits per heavy atom. The molecule has 0 amide bonds. The molecule has 5 heteroatoms. The molecular weight excluding hydrogens is 190 g/mol. The number of nitrogens with zero attached hydrogens (tertiary/aromatic N) is 4. The van der Waals surface area contributed by atoms with Gasteiger partial charge in [0.25, 0.3) is 0 Å². The van der Waals surface area contributed by atoms with Gasteiger partial charge in [-0.2, -0.15) is 15.2 Å². The fraction of sp³-hybridized carbons (Fsp3) is 0.700. The van der Waals surface area contributed by atoms with Crippen molar-refractivity contribution in [1.82, 2.24) is 20.3 Å².